The maximum Gasteiger partial charge on any atom is 0.418 e. The lowest BCUT2D eigenvalue weighted by atomic mass is 10.1. The van der Waals surface area contributed by atoms with Gasteiger partial charge in [0.05, 0.1) is 23.8 Å². The van der Waals surface area contributed by atoms with Gasteiger partial charge in [-0.05, 0) is 24.6 Å². The van der Waals surface area contributed by atoms with E-state index in [1.54, 1.807) is 0 Å². The topological polar surface area (TPSA) is 64.7 Å². The Bertz CT molecular complexity index is 913. The number of alkyl halides is 3. The van der Waals surface area contributed by atoms with Crippen LogP contribution >= 0.6 is 0 Å². The fourth-order valence-electron chi connectivity index (χ4n) is 3.64. The lowest BCUT2D eigenvalue weighted by molar-refractivity contribution is -0.137. The molecule has 2 aromatic rings. The molecular formula is C23H27F3N4O2. The summed E-state index contributed by atoms with van der Waals surface area (Å²) in [6.45, 7) is 4.57. The van der Waals surface area contributed by atoms with Crippen molar-refractivity contribution in [2.45, 2.75) is 25.7 Å². The Balaban J connectivity index is 1.44. The molecule has 1 aliphatic heterocycles. The number of carbonyl (C=O) groups is 2. The average Bonchev–Trinajstić information content (AvgIpc) is 2.78. The van der Waals surface area contributed by atoms with E-state index in [9.17, 15) is 22.8 Å². The zero-order chi connectivity index (χ0) is 23.1. The third kappa shape index (κ3) is 6.54. The quantitative estimate of drug-likeness (QED) is 0.684. The first-order chi connectivity index (χ1) is 15.2. The maximum absolute atomic E-state index is 13.1. The van der Waals surface area contributed by atoms with Crippen LogP contribution in [0.4, 0.5) is 18.9 Å². The Kier molecular flexibility index (Phi) is 7.87. The Morgan fingerprint density at radius 3 is 2.25 bits per heavy atom. The minimum absolute atomic E-state index is 0.00534. The second-order valence-electron chi connectivity index (χ2n) is 7.78. The molecule has 2 N–H and O–H groups in total. The maximum atomic E-state index is 13.1. The standard InChI is InChI=1S/C23H27F3N4O2/c1-17(22(32)27-15-18-7-3-2-4-8-18)30-13-11-29(12-14-30)16-21(31)28-20-10-6-5-9-19(20)23(24,25)26/h2-10,17H,11-16H2,1H3,(H,27,32)(H,28,31)/t17-/m0/s1. The van der Waals surface area contributed by atoms with E-state index < -0.39 is 17.6 Å². The number of nitrogens with zero attached hydrogens (tertiary/aromatic N) is 2. The van der Waals surface area contributed by atoms with E-state index in [0.29, 0.717) is 32.7 Å². The van der Waals surface area contributed by atoms with Crippen molar-refractivity contribution >= 4 is 17.5 Å². The summed E-state index contributed by atoms with van der Waals surface area (Å²) in [6, 6.07) is 14.3. The van der Waals surface area contributed by atoms with Crippen LogP contribution in [0.5, 0.6) is 0 Å². The normalized spacial score (nSPS) is 16.4. The summed E-state index contributed by atoms with van der Waals surface area (Å²) >= 11 is 0. The smallest absolute Gasteiger partial charge is 0.351 e. The largest absolute Gasteiger partial charge is 0.418 e. The third-order valence-corrected chi connectivity index (χ3v) is 5.52. The van der Waals surface area contributed by atoms with Crippen molar-refractivity contribution in [1.29, 1.82) is 0 Å². The molecule has 0 unspecified atom stereocenters. The SMILES string of the molecule is C[C@@H](C(=O)NCc1ccccc1)N1CCN(CC(=O)Nc2ccccc2C(F)(F)F)CC1. The second kappa shape index (κ2) is 10.6. The number of piperazine rings is 1. The van der Waals surface area contributed by atoms with Gasteiger partial charge >= 0.3 is 6.18 Å². The number of rotatable bonds is 7. The van der Waals surface area contributed by atoms with E-state index in [-0.39, 0.29) is 24.2 Å². The van der Waals surface area contributed by atoms with Gasteiger partial charge in [0, 0.05) is 32.7 Å². The summed E-state index contributed by atoms with van der Waals surface area (Å²) in [4.78, 5) is 28.7. The first-order valence-electron chi connectivity index (χ1n) is 10.5. The molecular weight excluding hydrogens is 421 g/mol. The van der Waals surface area contributed by atoms with Crippen molar-refractivity contribution in [1.82, 2.24) is 15.1 Å². The molecule has 1 atom stereocenters. The van der Waals surface area contributed by atoms with Crippen LogP contribution < -0.4 is 10.6 Å². The zero-order valence-corrected chi connectivity index (χ0v) is 17.9. The van der Waals surface area contributed by atoms with Crippen LogP contribution in [0.25, 0.3) is 0 Å². The summed E-state index contributed by atoms with van der Waals surface area (Å²) in [5.74, 6) is -0.562. The first-order valence-corrected chi connectivity index (χ1v) is 10.5. The minimum Gasteiger partial charge on any atom is -0.351 e. The summed E-state index contributed by atoms with van der Waals surface area (Å²) in [7, 11) is 0. The van der Waals surface area contributed by atoms with Gasteiger partial charge in [0.1, 0.15) is 0 Å². The second-order valence-corrected chi connectivity index (χ2v) is 7.78. The van der Waals surface area contributed by atoms with Gasteiger partial charge in [-0.25, -0.2) is 0 Å². The molecule has 1 saturated heterocycles. The van der Waals surface area contributed by atoms with Crippen molar-refractivity contribution in [2.75, 3.05) is 38.0 Å². The van der Waals surface area contributed by atoms with Crippen molar-refractivity contribution in [2.24, 2.45) is 0 Å². The van der Waals surface area contributed by atoms with Crippen molar-refractivity contribution < 1.29 is 22.8 Å². The summed E-state index contributed by atoms with van der Waals surface area (Å²) < 4.78 is 39.3. The zero-order valence-electron chi connectivity index (χ0n) is 17.9. The van der Waals surface area contributed by atoms with E-state index in [1.807, 2.05) is 47.1 Å². The highest BCUT2D eigenvalue weighted by atomic mass is 19.4. The van der Waals surface area contributed by atoms with Gasteiger partial charge in [0.25, 0.3) is 0 Å². The van der Waals surface area contributed by atoms with Crippen LogP contribution in [0.15, 0.2) is 54.6 Å². The predicted molar refractivity (Wildman–Crippen MR) is 116 cm³/mol. The molecule has 0 aromatic heterocycles. The number of amides is 2. The number of benzene rings is 2. The third-order valence-electron chi connectivity index (χ3n) is 5.52. The van der Waals surface area contributed by atoms with Gasteiger partial charge in [-0.1, -0.05) is 42.5 Å². The summed E-state index contributed by atoms with van der Waals surface area (Å²) in [6.07, 6.45) is -4.53. The highest BCUT2D eigenvalue weighted by Crippen LogP contribution is 2.34. The molecule has 2 amide bonds. The minimum atomic E-state index is -4.53. The fraction of sp³-hybridized carbons (Fsp3) is 0.391. The summed E-state index contributed by atoms with van der Waals surface area (Å²) in [5.41, 5.74) is -0.0863. The van der Waals surface area contributed by atoms with E-state index >= 15 is 0 Å². The van der Waals surface area contributed by atoms with Gasteiger partial charge in [0.15, 0.2) is 0 Å². The lowest BCUT2D eigenvalue weighted by Crippen LogP contribution is -2.54. The van der Waals surface area contributed by atoms with Crippen LogP contribution in [0.1, 0.15) is 18.1 Å². The molecule has 32 heavy (non-hydrogen) atoms. The number of carbonyl (C=O) groups excluding carboxylic acids is 2. The molecule has 1 fully saturated rings. The van der Waals surface area contributed by atoms with E-state index in [0.717, 1.165) is 11.6 Å². The molecule has 0 radical (unpaired) electrons. The van der Waals surface area contributed by atoms with E-state index in [2.05, 4.69) is 10.6 Å². The Morgan fingerprint density at radius 2 is 1.59 bits per heavy atom. The first kappa shape index (κ1) is 23.7. The van der Waals surface area contributed by atoms with Crippen LogP contribution in [0.2, 0.25) is 0 Å². The average molecular weight is 448 g/mol. The Hall–Kier alpha value is -2.91. The lowest BCUT2D eigenvalue weighted by Gasteiger charge is -2.37. The van der Waals surface area contributed by atoms with Crippen LogP contribution in [0.3, 0.4) is 0 Å². The number of hydrogen-bond acceptors (Lipinski definition) is 4. The van der Waals surface area contributed by atoms with E-state index in [1.165, 1.54) is 18.2 Å². The van der Waals surface area contributed by atoms with Crippen molar-refractivity contribution in [3.8, 4) is 0 Å². The molecule has 0 saturated carbocycles. The number of hydrogen-bond donors (Lipinski definition) is 2. The Labute approximate surface area is 185 Å². The molecule has 9 heteroatoms. The molecule has 172 valence electrons. The predicted octanol–water partition coefficient (Wildman–Crippen LogP) is 2.97. The molecule has 0 aliphatic carbocycles. The number of halogens is 3. The van der Waals surface area contributed by atoms with Crippen LogP contribution in [-0.2, 0) is 22.3 Å². The number of para-hydroxylation sites is 1. The molecule has 3 rings (SSSR count). The fourth-order valence-corrected chi connectivity index (χ4v) is 3.64. The molecule has 2 aromatic carbocycles. The highest BCUT2D eigenvalue weighted by molar-refractivity contribution is 5.93. The highest BCUT2D eigenvalue weighted by Gasteiger charge is 2.34. The van der Waals surface area contributed by atoms with E-state index in [4.69, 9.17) is 0 Å². The van der Waals surface area contributed by atoms with Gasteiger partial charge in [-0.15, -0.1) is 0 Å². The monoisotopic (exact) mass is 448 g/mol. The van der Waals surface area contributed by atoms with Gasteiger partial charge in [0.2, 0.25) is 11.8 Å². The van der Waals surface area contributed by atoms with Crippen LogP contribution in [0, 0.1) is 0 Å². The van der Waals surface area contributed by atoms with Gasteiger partial charge in [-0.3, -0.25) is 19.4 Å². The Morgan fingerprint density at radius 1 is 0.969 bits per heavy atom. The molecule has 6 nitrogen and oxygen atoms in total. The number of anilines is 1. The molecule has 0 spiro atoms. The van der Waals surface area contributed by atoms with Gasteiger partial charge in [-0.2, -0.15) is 13.2 Å². The molecule has 1 heterocycles. The summed E-state index contributed by atoms with van der Waals surface area (Å²) in [5, 5.41) is 5.30. The molecule has 1 aliphatic rings. The molecule has 0 bridgehead atoms. The van der Waals surface area contributed by atoms with Crippen molar-refractivity contribution in [3.05, 3.63) is 65.7 Å². The number of nitrogens with one attached hydrogen (secondary N) is 2. The van der Waals surface area contributed by atoms with Gasteiger partial charge < -0.3 is 10.6 Å². The van der Waals surface area contributed by atoms with Crippen molar-refractivity contribution in [3.63, 3.8) is 0 Å². The van der Waals surface area contributed by atoms with Crippen LogP contribution in [-0.4, -0.2) is 60.4 Å².